The van der Waals surface area contributed by atoms with Crippen LogP contribution in [-0.4, -0.2) is 35.1 Å². The summed E-state index contributed by atoms with van der Waals surface area (Å²) in [6.07, 6.45) is 2.11. The lowest BCUT2D eigenvalue weighted by Gasteiger charge is -2.07. The molecule has 0 saturated carbocycles. The van der Waals surface area contributed by atoms with Gasteiger partial charge in [0, 0.05) is 23.9 Å². The average molecular weight is 385 g/mol. The molecule has 2 aromatic heterocycles. The van der Waals surface area contributed by atoms with Crippen molar-refractivity contribution >= 4 is 33.4 Å². The third kappa shape index (κ3) is 4.40. The van der Waals surface area contributed by atoms with Crippen LogP contribution in [0.1, 0.15) is 12.8 Å². The van der Waals surface area contributed by atoms with E-state index in [0.29, 0.717) is 23.2 Å². The monoisotopic (exact) mass is 385 g/mol. The highest BCUT2D eigenvalue weighted by molar-refractivity contribution is 7.17. The molecule has 8 heteroatoms. The molecule has 3 rings (SSSR count). The van der Waals surface area contributed by atoms with Gasteiger partial charge in [-0.25, -0.2) is 4.98 Å². The van der Waals surface area contributed by atoms with Gasteiger partial charge in [0.05, 0.1) is 18.8 Å². The zero-order valence-electron chi connectivity index (χ0n) is 14.8. The second-order valence-corrected chi connectivity index (χ2v) is 6.76. The maximum atomic E-state index is 12.9. The Hall–Kier alpha value is -3.00. The fraction of sp³-hybridized carbons (Fsp3) is 0.263. The van der Waals surface area contributed by atoms with Crippen LogP contribution in [0.5, 0.6) is 0 Å². The molecule has 0 aliphatic rings. The van der Waals surface area contributed by atoms with Gasteiger partial charge in [0.2, 0.25) is 5.91 Å². The SMILES string of the molecule is COC(=O)CCCNC(=O)Cn1cnc2scc(-c3ccccc3)c2c1=O. The number of nitrogens with one attached hydrogen (secondary N) is 1. The quantitative estimate of drug-likeness (QED) is 0.497. The molecule has 7 nitrogen and oxygen atoms in total. The Morgan fingerprint density at radius 1 is 1.26 bits per heavy atom. The lowest BCUT2D eigenvalue weighted by atomic mass is 10.1. The smallest absolute Gasteiger partial charge is 0.305 e. The van der Waals surface area contributed by atoms with Crippen molar-refractivity contribution in [3.8, 4) is 11.1 Å². The van der Waals surface area contributed by atoms with Crippen molar-refractivity contribution in [2.75, 3.05) is 13.7 Å². The number of hydrogen-bond donors (Lipinski definition) is 1. The molecule has 0 saturated heterocycles. The largest absolute Gasteiger partial charge is 0.469 e. The van der Waals surface area contributed by atoms with Crippen molar-refractivity contribution in [2.24, 2.45) is 0 Å². The Bertz CT molecular complexity index is 1010. The summed E-state index contributed by atoms with van der Waals surface area (Å²) < 4.78 is 5.85. The Labute approximate surface area is 159 Å². The molecular formula is C19H19N3O4S. The van der Waals surface area contributed by atoms with Crippen LogP contribution in [-0.2, 0) is 20.9 Å². The number of benzene rings is 1. The number of aromatic nitrogens is 2. The van der Waals surface area contributed by atoms with Crippen molar-refractivity contribution in [3.63, 3.8) is 0 Å². The van der Waals surface area contributed by atoms with E-state index in [0.717, 1.165) is 11.1 Å². The molecule has 0 radical (unpaired) electrons. The summed E-state index contributed by atoms with van der Waals surface area (Å²) in [7, 11) is 1.32. The number of carbonyl (C=O) groups excluding carboxylic acids is 2. The van der Waals surface area contributed by atoms with Gasteiger partial charge in [0.25, 0.3) is 5.56 Å². The van der Waals surface area contributed by atoms with E-state index in [4.69, 9.17) is 0 Å². The molecule has 0 aliphatic carbocycles. The van der Waals surface area contributed by atoms with E-state index in [-0.39, 0.29) is 30.4 Å². The van der Waals surface area contributed by atoms with Crippen LogP contribution in [0.3, 0.4) is 0 Å². The fourth-order valence-corrected chi connectivity index (χ4v) is 3.59. The van der Waals surface area contributed by atoms with Gasteiger partial charge in [-0.1, -0.05) is 30.3 Å². The van der Waals surface area contributed by atoms with E-state index < -0.39 is 0 Å². The van der Waals surface area contributed by atoms with E-state index in [1.807, 2.05) is 35.7 Å². The minimum absolute atomic E-state index is 0.121. The Kier molecular flexibility index (Phi) is 5.97. The normalized spacial score (nSPS) is 10.7. The molecule has 0 spiro atoms. The first-order chi connectivity index (χ1) is 13.1. The topological polar surface area (TPSA) is 90.3 Å². The summed E-state index contributed by atoms with van der Waals surface area (Å²) in [5.74, 6) is -0.624. The van der Waals surface area contributed by atoms with Gasteiger partial charge in [-0.15, -0.1) is 11.3 Å². The zero-order valence-corrected chi connectivity index (χ0v) is 15.6. The second kappa shape index (κ2) is 8.59. The predicted molar refractivity (Wildman–Crippen MR) is 104 cm³/mol. The lowest BCUT2D eigenvalue weighted by molar-refractivity contribution is -0.140. The molecule has 1 aromatic carbocycles. The van der Waals surface area contributed by atoms with Gasteiger partial charge >= 0.3 is 5.97 Å². The van der Waals surface area contributed by atoms with Crippen LogP contribution in [0, 0.1) is 0 Å². The summed E-state index contributed by atoms with van der Waals surface area (Å²) in [5.41, 5.74) is 1.51. The van der Waals surface area contributed by atoms with Gasteiger partial charge in [-0.05, 0) is 12.0 Å². The van der Waals surface area contributed by atoms with Gasteiger partial charge in [0.1, 0.15) is 11.4 Å². The number of thiophene rings is 1. The summed E-state index contributed by atoms with van der Waals surface area (Å²) in [5, 5.41) is 5.12. The number of methoxy groups -OCH3 is 1. The highest BCUT2D eigenvalue weighted by Gasteiger charge is 2.14. The highest BCUT2D eigenvalue weighted by atomic mass is 32.1. The molecule has 0 atom stereocenters. The molecular weight excluding hydrogens is 366 g/mol. The van der Waals surface area contributed by atoms with Gasteiger partial charge < -0.3 is 10.1 Å². The molecule has 0 bridgehead atoms. The van der Waals surface area contributed by atoms with Gasteiger partial charge in [-0.3, -0.25) is 19.0 Å². The Morgan fingerprint density at radius 3 is 2.78 bits per heavy atom. The summed E-state index contributed by atoms with van der Waals surface area (Å²) in [6.45, 7) is 0.218. The first-order valence-electron chi connectivity index (χ1n) is 8.45. The third-order valence-corrected chi connectivity index (χ3v) is 4.95. The standard InChI is InChI=1S/C19H19N3O4S/c1-26-16(24)8-5-9-20-15(23)10-22-12-21-18-17(19(22)25)14(11-27-18)13-6-3-2-4-7-13/h2-4,6-7,11-12H,5,8-10H2,1H3,(H,20,23). The maximum Gasteiger partial charge on any atom is 0.305 e. The number of hydrogen-bond acceptors (Lipinski definition) is 6. The summed E-state index contributed by atoms with van der Waals surface area (Å²) >= 11 is 1.40. The molecule has 140 valence electrons. The number of fused-ring (bicyclic) bond motifs is 1. The molecule has 0 aliphatic heterocycles. The Morgan fingerprint density at radius 2 is 2.04 bits per heavy atom. The van der Waals surface area contributed by atoms with Crippen molar-refractivity contribution in [3.05, 3.63) is 52.4 Å². The first kappa shape index (κ1) is 18.8. The average Bonchev–Trinajstić information content (AvgIpc) is 3.13. The second-order valence-electron chi connectivity index (χ2n) is 5.90. The number of rotatable bonds is 7. The molecule has 1 N–H and O–H groups in total. The van der Waals surface area contributed by atoms with Crippen molar-refractivity contribution in [1.29, 1.82) is 0 Å². The Balaban J connectivity index is 1.74. The van der Waals surface area contributed by atoms with Crippen LogP contribution in [0.15, 0.2) is 46.8 Å². The van der Waals surface area contributed by atoms with Gasteiger partial charge in [0.15, 0.2) is 0 Å². The predicted octanol–water partition coefficient (Wildman–Crippen LogP) is 2.19. The van der Waals surface area contributed by atoms with E-state index in [1.165, 1.54) is 29.3 Å². The van der Waals surface area contributed by atoms with Gasteiger partial charge in [-0.2, -0.15) is 0 Å². The molecule has 0 fully saturated rings. The van der Waals surface area contributed by atoms with Crippen LogP contribution in [0.2, 0.25) is 0 Å². The van der Waals surface area contributed by atoms with Crippen molar-refractivity contribution < 1.29 is 14.3 Å². The zero-order chi connectivity index (χ0) is 19.2. The van der Waals surface area contributed by atoms with E-state index in [1.54, 1.807) is 0 Å². The number of amides is 1. The van der Waals surface area contributed by atoms with E-state index >= 15 is 0 Å². The molecule has 1 amide bonds. The van der Waals surface area contributed by atoms with Crippen molar-refractivity contribution in [2.45, 2.75) is 19.4 Å². The van der Waals surface area contributed by atoms with E-state index in [2.05, 4.69) is 15.0 Å². The summed E-state index contributed by atoms with van der Waals surface area (Å²) in [6, 6.07) is 9.61. The number of ether oxygens (including phenoxy) is 1. The highest BCUT2D eigenvalue weighted by Crippen LogP contribution is 2.30. The first-order valence-corrected chi connectivity index (χ1v) is 9.33. The van der Waals surface area contributed by atoms with E-state index in [9.17, 15) is 14.4 Å². The minimum atomic E-state index is -0.319. The maximum absolute atomic E-state index is 12.9. The summed E-state index contributed by atoms with van der Waals surface area (Å²) in [4.78, 5) is 41.0. The number of esters is 1. The van der Waals surface area contributed by atoms with Crippen LogP contribution >= 0.6 is 11.3 Å². The molecule has 0 unspecified atom stereocenters. The lowest BCUT2D eigenvalue weighted by Crippen LogP contribution is -2.33. The number of nitrogens with zero attached hydrogens (tertiary/aromatic N) is 2. The minimum Gasteiger partial charge on any atom is -0.469 e. The van der Waals surface area contributed by atoms with Crippen LogP contribution in [0.4, 0.5) is 0 Å². The molecule has 3 aromatic rings. The van der Waals surface area contributed by atoms with Crippen LogP contribution < -0.4 is 10.9 Å². The van der Waals surface area contributed by atoms with Crippen molar-refractivity contribution in [1.82, 2.24) is 14.9 Å². The number of carbonyl (C=O) groups is 2. The molecule has 2 heterocycles. The molecule has 27 heavy (non-hydrogen) atoms. The van der Waals surface area contributed by atoms with Crippen LogP contribution in [0.25, 0.3) is 21.3 Å². The third-order valence-electron chi connectivity index (χ3n) is 4.07. The fourth-order valence-electron chi connectivity index (χ4n) is 2.68.